The number of anilines is 1. The Morgan fingerprint density at radius 3 is 2.27 bits per heavy atom. The summed E-state index contributed by atoms with van der Waals surface area (Å²) in [7, 11) is 6.40. The first-order valence-electron chi connectivity index (χ1n) is 14.4. The molecule has 0 spiro atoms. The van der Waals surface area contributed by atoms with E-state index in [2.05, 4.69) is 49.9 Å². The summed E-state index contributed by atoms with van der Waals surface area (Å²) in [4.78, 5) is 16.7. The van der Waals surface area contributed by atoms with Crippen molar-refractivity contribution < 1.29 is 28.2 Å². The molecule has 0 radical (unpaired) electrons. The van der Waals surface area contributed by atoms with Gasteiger partial charge in [-0.3, -0.25) is 9.69 Å². The maximum Gasteiger partial charge on any atom is 0.258 e. The van der Waals surface area contributed by atoms with E-state index in [1.54, 1.807) is 32.4 Å². The van der Waals surface area contributed by atoms with E-state index in [0.29, 0.717) is 34.1 Å². The molecule has 0 bridgehead atoms. The van der Waals surface area contributed by atoms with Crippen LogP contribution in [-0.2, 0) is 19.4 Å². The van der Waals surface area contributed by atoms with Crippen molar-refractivity contribution in [2.45, 2.75) is 19.4 Å². The monoisotopic (exact) mass is 610 g/mol. The number of hydrogen-bond donors (Lipinski definition) is 1. The van der Waals surface area contributed by atoms with Crippen molar-refractivity contribution in [1.82, 2.24) is 25.1 Å². The third kappa shape index (κ3) is 6.31. The number of nitrogens with one attached hydrogen (secondary N) is 1. The molecule has 0 fully saturated rings. The van der Waals surface area contributed by atoms with Gasteiger partial charge in [-0.25, -0.2) is 0 Å². The lowest BCUT2D eigenvalue weighted by molar-refractivity contribution is 0.102. The van der Waals surface area contributed by atoms with Gasteiger partial charge in [-0.15, -0.1) is 15.0 Å². The van der Waals surface area contributed by atoms with Crippen molar-refractivity contribution in [3.63, 3.8) is 0 Å². The lowest BCUT2D eigenvalue weighted by atomic mass is 9.98. The van der Waals surface area contributed by atoms with Gasteiger partial charge < -0.3 is 28.7 Å². The Morgan fingerprint density at radius 2 is 1.58 bits per heavy atom. The van der Waals surface area contributed by atoms with Gasteiger partial charge >= 0.3 is 0 Å². The molecule has 0 saturated heterocycles. The van der Waals surface area contributed by atoms with E-state index in [4.69, 9.17) is 23.4 Å². The molecule has 2 aromatic heterocycles. The zero-order valence-corrected chi connectivity index (χ0v) is 25.6. The van der Waals surface area contributed by atoms with E-state index in [-0.39, 0.29) is 5.91 Å². The molecule has 1 aliphatic heterocycles. The fourth-order valence-corrected chi connectivity index (χ4v) is 5.40. The summed E-state index contributed by atoms with van der Waals surface area (Å²) in [5.41, 5.74) is 5.89. The Kier molecular flexibility index (Phi) is 8.65. The summed E-state index contributed by atoms with van der Waals surface area (Å²) >= 11 is 0. The van der Waals surface area contributed by atoms with Gasteiger partial charge in [0.15, 0.2) is 23.0 Å². The Labute approximate surface area is 260 Å². The summed E-state index contributed by atoms with van der Waals surface area (Å²) in [5.74, 6) is 2.40. The quantitative estimate of drug-likeness (QED) is 0.223. The lowest BCUT2D eigenvalue weighted by Crippen LogP contribution is -2.32. The number of ether oxygens (including phenoxy) is 4. The smallest absolute Gasteiger partial charge is 0.258 e. The maximum absolute atomic E-state index is 12.8. The first-order chi connectivity index (χ1) is 22.0. The van der Waals surface area contributed by atoms with Crippen LogP contribution in [0.2, 0.25) is 0 Å². The summed E-state index contributed by atoms with van der Waals surface area (Å²) in [5, 5.41) is 16.0. The van der Waals surface area contributed by atoms with Crippen LogP contribution in [0.25, 0.3) is 17.1 Å². The minimum Gasteiger partial charge on any atom is -0.493 e. The first kappa shape index (κ1) is 29.7. The normalized spacial score (nSPS) is 12.8. The minimum atomic E-state index is -0.353. The molecule has 0 unspecified atom stereocenters. The number of rotatable bonds is 11. The van der Waals surface area contributed by atoms with Gasteiger partial charge in [0.05, 0.1) is 57.2 Å². The van der Waals surface area contributed by atoms with Crippen molar-refractivity contribution in [3.05, 3.63) is 89.4 Å². The van der Waals surface area contributed by atoms with Crippen molar-refractivity contribution in [3.8, 4) is 40.1 Å². The fraction of sp³-hybridized carbons (Fsp3) is 0.273. The standard InChI is InChI=1S/C33H34N6O6/c1-41-28-15-22-10-13-38(19-24(22)16-29(28)42-2)12-9-21-5-7-25(8-6-21)39-36-32(35-37-39)26-17-30(43-3)31(44-4)18-27(26)34-33(40)23-11-14-45-20-23/h5-8,11,14-18,20H,9-10,12-13,19H2,1-4H3,(H,34,40). The second kappa shape index (κ2) is 13.1. The number of furan rings is 1. The molecule has 1 amide bonds. The maximum atomic E-state index is 12.8. The average molecular weight is 611 g/mol. The summed E-state index contributed by atoms with van der Waals surface area (Å²) in [6, 6.07) is 17.2. The summed E-state index contributed by atoms with van der Waals surface area (Å²) in [6.45, 7) is 2.80. The Hall–Kier alpha value is -5.36. The molecule has 0 saturated carbocycles. The van der Waals surface area contributed by atoms with Crippen molar-refractivity contribution in [1.29, 1.82) is 0 Å². The second-order valence-corrected chi connectivity index (χ2v) is 10.5. The van der Waals surface area contributed by atoms with Crippen LogP contribution in [0.4, 0.5) is 5.69 Å². The summed E-state index contributed by atoms with van der Waals surface area (Å²) < 4.78 is 27.0. The largest absolute Gasteiger partial charge is 0.493 e. The fourth-order valence-electron chi connectivity index (χ4n) is 5.40. The van der Waals surface area contributed by atoms with E-state index in [9.17, 15) is 4.79 Å². The van der Waals surface area contributed by atoms with Gasteiger partial charge in [-0.1, -0.05) is 12.1 Å². The number of carbonyl (C=O) groups excluding carboxylic acids is 1. The van der Waals surface area contributed by atoms with Gasteiger partial charge in [-0.05, 0) is 71.1 Å². The number of tetrazole rings is 1. The third-order valence-corrected chi connectivity index (χ3v) is 7.89. The predicted octanol–water partition coefficient (Wildman–Crippen LogP) is 4.81. The minimum absolute atomic E-state index is 0.308. The SMILES string of the molecule is COc1cc2c(cc1OC)CN(CCc1ccc(-n3nnc(-c4cc(OC)c(OC)cc4NC(=O)c4ccoc4)n3)cc1)CC2. The molecule has 232 valence electrons. The van der Waals surface area contributed by atoms with Crippen molar-refractivity contribution >= 4 is 11.6 Å². The van der Waals surface area contributed by atoms with Crippen LogP contribution in [0.5, 0.6) is 23.0 Å². The van der Waals surface area contributed by atoms with E-state index < -0.39 is 0 Å². The van der Waals surface area contributed by atoms with Gasteiger partial charge in [-0.2, -0.15) is 0 Å². The number of methoxy groups -OCH3 is 4. The average Bonchev–Trinajstić information content (AvgIpc) is 3.80. The van der Waals surface area contributed by atoms with E-state index in [1.165, 1.54) is 48.2 Å². The highest BCUT2D eigenvalue weighted by molar-refractivity contribution is 6.06. The van der Waals surface area contributed by atoms with Crippen LogP contribution in [0.1, 0.15) is 27.0 Å². The van der Waals surface area contributed by atoms with Crippen LogP contribution in [0, 0.1) is 0 Å². The number of nitrogens with zero attached hydrogens (tertiary/aromatic N) is 5. The zero-order valence-electron chi connectivity index (χ0n) is 25.6. The Morgan fingerprint density at radius 1 is 0.889 bits per heavy atom. The molecule has 1 N–H and O–H groups in total. The highest BCUT2D eigenvalue weighted by Gasteiger charge is 2.21. The van der Waals surface area contributed by atoms with Gasteiger partial charge in [0.2, 0.25) is 5.82 Å². The molecular weight excluding hydrogens is 576 g/mol. The van der Waals surface area contributed by atoms with Crippen molar-refractivity contribution in [2.75, 3.05) is 46.8 Å². The zero-order chi connectivity index (χ0) is 31.3. The lowest BCUT2D eigenvalue weighted by Gasteiger charge is -2.29. The van der Waals surface area contributed by atoms with Gasteiger partial charge in [0.25, 0.3) is 5.91 Å². The first-order valence-corrected chi connectivity index (χ1v) is 14.4. The molecule has 0 atom stereocenters. The molecule has 45 heavy (non-hydrogen) atoms. The number of amides is 1. The molecule has 12 heteroatoms. The highest BCUT2D eigenvalue weighted by Crippen LogP contribution is 2.38. The van der Waals surface area contributed by atoms with Gasteiger partial charge in [0, 0.05) is 25.7 Å². The van der Waals surface area contributed by atoms with Crippen LogP contribution in [0.15, 0.2) is 71.5 Å². The summed E-state index contributed by atoms with van der Waals surface area (Å²) in [6.07, 6.45) is 4.69. The van der Waals surface area contributed by atoms with Crippen LogP contribution in [-0.4, -0.2) is 72.5 Å². The molecule has 5 aromatic rings. The highest BCUT2D eigenvalue weighted by atomic mass is 16.5. The predicted molar refractivity (Wildman–Crippen MR) is 167 cm³/mol. The molecule has 12 nitrogen and oxygen atoms in total. The van der Waals surface area contributed by atoms with Gasteiger partial charge in [0.1, 0.15) is 6.26 Å². The van der Waals surface area contributed by atoms with Crippen LogP contribution in [0.3, 0.4) is 0 Å². The Bertz CT molecular complexity index is 1780. The Balaban J connectivity index is 1.15. The second-order valence-electron chi connectivity index (χ2n) is 10.5. The van der Waals surface area contributed by atoms with E-state index >= 15 is 0 Å². The number of hydrogen-bond acceptors (Lipinski definition) is 10. The molecule has 0 aliphatic carbocycles. The van der Waals surface area contributed by atoms with E-state index in [0.717, 1.165) is 49.7 Å². The van der Waals surface area contributed by atoms with Crippen LogP contribution >= 0.6 is 0 Å². The number of carbonyl (C=O) groups is 1. The number of benzene rings is 3. The molecule has 3 aromatic carbocycles. The molecule has 1 aliphatic rings. The third-order valence-electron chi connectivity index (χ3n) is 7.89. The molecule has 3 heterocycles. The van der Waals surface area contributed by atoms with Crippen molar-refractivity contribution in [2.24, 2.45) is 0 Å². The molecule has 6 rings (SSSR count). The van der Waals surface area contributed by atoms with Crippen LogP contribution < -0.4 is 24.3 Å². The topological polar surface area (TPSA) is 126 Å². The number of fused-ring (bicyclic) bond motifs is 1. The van der Waals surface area contributed by atoms with E-state index in [1.807, 2.05) is 12.1 Å². The molecular formula is C33H34N6O6. The number of aromatic nitrogens is 4.